The first-order chi connectivity index (χ1) is 8.24. The molecule has 0 fully saturated rings. The summed E-state index contributed by atoms with van der Waals surface area (Å²) in [7, 11) is 0. The van der Waals surface area contributed by atoms with Crippen molar-refractivity contribution in [3.8, 4) is 5.75 Å². The first kappa shape index (κ1) is 15.0. The van der Waals surface area contributed by atoms with E-state index < -0.39 is 11.2 Å². The van der Waals surface area contributed by atoms with Gasteiger partial charge in [-0.1, -0.05) is 35.0 Å². The Hall–Kier alpha value is -1.04. The highest BCUT2D eigenvalue weighted by Gasteiger charge is 2.33. The second-order valence-corrected chi connectivity index (χ2v) is 4.66. The van der Waals surface area contributed by atoms with E-state index >= 15 is 0 Å². The number of Topliss-reactive ketones (excluding diaryl/α,β-unsaturated/α-hetero) is 1. The second kappa shape index (κ2) is 5.73. The first-order valence-corrected chi connectivity index (χ1v) is 6.19. The highest BCUT2D eigenvalue weighted by atomic mass is 79.9. The van der Waals surface area contributed by atoms with Crippen molar-refractivity contribution < 1.29 is 22.7 Å². The third kappa shape index (κ3) is 4.01. The summed E-state index contributed by atoms with van der Waals surface area (Å²) in [6, 6.07) is 4.32. The molecule has 0 heterocycles. The maximum Gasteiger partial charge on any atom is 0.573 e. The summed E-state index contributed by atoms with van der Waals surface area (Å²) >= 11 is 3.08. The molecule has 100 valence electrons. The number of carbonyl (C=O) groups excluding carboxylic acids is 1. The van der Waals surface area contributed by atoms with Crippen molar-refractivity contribution in [3.05, 3.63) is 29.3 Å². The van der Waals surface area contributed by atoms with Crippen LogP contribution in [0.4, 0.5) is 13.2 Å². The van der Waals surface area contributed by atoms with Gasteiger partial charge in [-0.15, -0.1) is 13.2 Å². The Morgan fingerprint density at radius 1 is 1.44 bits per heavy atom. The fraction of sp³-hybridized carbons (Fsp3) is 0.417. The molecule has 1 rings (SSSR count). The highest BCUT2D eigenvalue weighted by molar-refractivity contribution is 9.09. The molecule has 0 aromatic heterocycles. The van der Waals surface area contributed by atoms with Crippen molar-refractivity contribution in [2.24, 2.45) is 0 Å². The number of halogens is 4. The maximum atomic E-state index is 12.2. The Morgan fingerprint density at radius 3 is 2.50 bits per heavy atom. The van der Waals surface area contributed by atoms with Crippen LogP contribution in [-0.2, 0) is 11.2 Å². The normalized spacial score (nSPS) is 13.2. The first-order valence-electron chi connectivity index (χ1n) is 5.27. The van der Waals surface area contributed by atoms with Crippen molar-refractivity contribution in [1.29, 1.82) is 0 Å². The smallest absolute Gasteiger partial charge is 0.405 e. The number of ketones is 1. The van der Waals surface area contributed by atoms with Gasteiger partial charge in [0.2, 0.25) is 0 Å². The lowest BCUT2D eigenvalue weighted by molar-refractivity contribution is -0.274. The largest absolute Gasteiger partial charge is 0.573 e. The highest BCUT2D eigenvalue weighted by Crippen LogP contribution is 2.35. The molecule has 0 aliphatic rings. The van der Waals surface area contributed by atoms with E-state index in [2.05, 4.69) is 20.7 Å². The van der Waals surface area contributed by atoms with Gasteiger partial charge in [0.05, 0.1) is 0 Å². The van der Waals surface area contributed by atoms with Crippen molar-refractivity contribution >= 4 is 21.7 Å². The second-order valence-electron chi connectivity index (χ2n) is 3.75. The van der Waals surface area contributed by atoms with Gasteiger partial charge in [0.15, 0.2) is 0 Å². The molecular weight excluding hydrogens is 313 g/mol. The zero-order valence-electron chi connectivity index (χ0n) is 9.84. The molecule has 0 saturated carbocycles. The Bertz CT molecular complexity index is 443. The summed E-state index contributed by atoms with van der Waals surface area (Å²) in [5, 5.41) is 0. The third-order valence-corrected chi connectivity index (χ3v) is 3.48. The van der Waals surface area contributed by atoms with E-state index in [1.807, 2.05) is 6.92 Å². The zero-order chi connectivity index (χ0) is 13.9. The average molecular weight is 325 g/mol. The van der Waals surface area contributed by atoms with E-state index in [0.717, 1.165) is 5.56 Å². The number of alkyl halides is 4. The zero-order valence-corrected chi connectivity index (χ0v) is 11.4. The minimum atomic E-state index is -4.77. The molecule has 0 saturated heterocycles. The van der Waals surface area contributed by atoms with Gasteiger partial charge < -0.3 is 4.74 Å². The van der Waals surface area contributed by atoms with Crippen LogP contribution in [0.25, 0.3) is 0 Å². The molecule has 1 atom stereocenters. The number of rotatable bonds is 4. The average Bonchev–Trinajstić information content (AvgIpc) is 2.26. The van der Waals surface area contributed by atoms with Crippen LogP contribution in [0.15, 0.2) is 18.2 Å². The summed E-state index contributed by atoms with van der Waals surface area (Å²) < 4.78 is 40.7. The molecular formula is C12H12BrF3O2. The Kier molecular flexibility index (Phi) is 4.78. The van der Waals surface area contributed by atoms with Crippen LogP contribution in [0.3, 0.4) is 0 Å². The van der Waals surface area contributed by atoms with E-state index in [1.165, 1.54) is 13.0 Å². The minimum absolute atomic E-state index is 0.194. The molecule has 0 aliphatic heterocycles. The Morgan fingerprint density at radius 2 is 2.06 bits per heavy atom. The van der Waals surface area contributed by atoms with Crippen molar-refractivity contribution in [1.82, 2.24) is 0 Å². The topological polar surface area (TPSA) is 26.3 Å². The molecule has 1 aromatic rings. The molecule has 0 bridgehead atoms. The fourth-order valence-corrected chi connectivity index (χ4v) is 1.81. The molecule has 0 N–H and O–H groups in total. The molecule has 1 aromatic carbocycles. The number of hydrogen-bond acceptors (Lipinski definition) is 2. The summed E-state index contributed by atoms with van der Waals surface area (Å²) in [4.78, 5) is 10.5. The minimum Gasteiger partial charge on any atom is -0.405 e. The van der Waals surface area contributed by atoms with Crippen LogP contribution in [0, 0.1) is 0 Å². The van der Waals surface area contributed by atoms with Crippen LogP contribution in [-0.4, -0.2) is 12.1 Å². The monoisotopic (exact) mass is 324 g/mol. The predicted octanol–water partition coefficient (Wildman–Crippen LogP) is 4.17. The van der Waals surface area contributed by atoms with Gasteiger partial charge in [-0.3, -0.25) is 4.79 Å². The van der Waals surface area contributed by atoms with E-state index in [4.69, 9.17) is 0 Å². The van der Waals surface area contributed by atoms with Gasteiger partial charge in [-0.25, -0.2) is 0 Å². The van der Waals surface area contributed by atoms with E-state index in [1.54, 1.807) is 12.1 Å². The summed E-state index contributed by atoms with van der Waals surface area (Å²) in [5.74, 6) is -0.632. The number of hydrogen-bond donors (Lipinski definition) is 0. The molecule has 0 aliphatic carbocycles. The third-order valence-electron chi connectivity index (χ3n) is 2.34. The summed E-state index contributed by atoms with van der Waals surface area (Å²) in [5.41, 5.74) is 1.03. The van der Waals surface area contributed by atoms with Crippen LogP contribution >= 0.6 is 15.9 Å². The molecule has 0 radical (unpaired) electrons. The van der Waals surface area contributed by atoms with Gasteiger partial charge in [0.25, 0.3) is 0 Å². The van der Waals surface area contributed by atoms with Gasteiger partial charge >= 0.3 is 6.36 Å². The summed E-state index contributed by atoms with van der Waals surface area (Å²) in [6.45, 7) is 3.18. The number of benzene rings is 1. The van der Waals surface area contributed by atoms with Gasteiger partial charge in [-0.05, 0) is 25.0 Å². The maximum absolute atomic E-state index is 12.2. The fourth-order valence-electron chi connectivity index (χ4n) is 1.45. The van der Waals surface area contributed by atoms with Crippen LogP contribution in [0.2, 0.25) is 0 Å². The van der Waals surface area contributed by atoms with Crippen molar-refractivity contribution in [3.63, 3.8) is 0 Å². The van der Waals surface area contributed by atoms with E-state index in [9.17, 15) is 18.0 Å². The quantitative estimate of drug-likeness (QED) is 0.777. The van der Waals surface area contributed by atoms with E-state index in [-0.39, 0.29) is 17.1 Å². The molecule has 0 amide bonds. The lowest BCUT2D eigenvalue weighted by atomic mass is 10.0. The lowest BCUT2D eigenvalue weighted by Gasteiger charge is -2.16. The molecule has 0 spiro atoms. The molecule has 2 nitrogen and oxygen atoms in total. The van der Waals surface area contributed by atoms with E-state index in [0.29, 0.717) is 6.42 Å². The Balaban J connectivity index is 3.20. The number of ether oxygens (including phenoxy) is 1. The standard InChI is InChI=1S/C12H12BrF3O2/c1-3-8-4-5-10(18-12(14,15)16)9(6-8)11(13)7(2)17/h4-6,11H,3H2,1-2H3. The predicted molar refractivity (Wildman–Crippen MR) is 64.9 cm³/mol. The Labute approximate surface area is 111 Å². The molecule has 1 unspecified atom stereocenters. The van der Waals surface area contributed by atoms with Crippen molar-refractivity contribution in [2.45, 2.75) is 31.5 Å². The van der Waals surface area contributed by atoms with Crippen LogP contribution < -0.4 is 4.74 Å². The number of carbonyl (C=O) groups is 1. The SMILES string of the molecule is CCc1ccc(OC(F)(F)F)c(C(Br)C(C)=O)c1. The molecule has 18 heavy (non-hydrogen) atoms. The molecule has 6 heteroatoms. The van der Waals surface area contributed by atoms with Gasteiger partial charge in [0.1, 0.15) is 16.4 Å². The summed E-state index contributed by atoms with van der Waals surface area (Å²) in [6.07, 6.45) is -4.11. The van der Waals surface area contributed by atoms with Gasteiger partial charge in [-0.2, -0.15) is 0 Å². The van der Waals surface area contributed by atoms with Crippen LogP contribution in [0.5, 0.6) is 5.75 Å². The van der Waals surface area contributed by atoms with Crippen LogP contribution in [0.1, 0.15) is 29.8 Å². The van der Waals surface area contributed by atoms with Crippen molar-refractivity contribution in [2.75, 3.05) is 0 Å². The lowest BCUT2D eigenvalue weighted by Crippen LogP contribution is -2.19. The van der Waals surface area contributed by atoms with Gasteiger partial charge in [0, 0.05) is 5.56 Å². The number of aryl methyl sites for hydroxylation is 1.